The average Bonchev–Trinajstić information content (AvgIpc) is 2.36. The molecule has 0 saturated carbocycles. The van der Waals surface area contributed by atoms with Crippen LogP contribution in [0.5, 0.6) is 0 Å². The lowest BCUT2D eigenvalue weighted by atomic mass is 10.3. The fraction of sp³-hybridized carbons (Fsp3) is 0.750. The van der Waals surface area contributed by atoms with Crippen LogP contribution in [-0.4, -0.2) is 21.4 Å². The molecule has 1 N–H and O–H groups in total. The monoisotopic (exact) mass is 170 g/mol. The lowest BCUT2D eigenvalue weighted by Gasteiger charge is -1.95. The summed E-state index contributed by atoms with van der Waals surface area (Å²) in [4.78, 5) is 4.10. The molecule has 0 radical (unpaired) electrons. The molecule has 0 spiro atoms. The quantitative estimate of drug-likeness (QED) is 0.730. The lowest BCUT2D eigenvalue weighted by molar-refractivity contribution is 0.181. The molecule has 12 heavy (non-hydrogen) atoms. The summed E-state index contributed by atoms with van der Waals surface area (Å²) in [6.07, 6.45) is 1.87. The van der Waals surface area contributed by atoms with Gasteiger partial charge < -0.3 is 9.63 Å². The second-order valence-electron chi connectivity index (χ2n) is 2.91. The third-order valence-corrected chi connectivity index (χ3v) is 1.45. The van der Waals surface area contributed by atoms with E-state index in [1.807, 2.05) is 0 Å². The van der Waals surface area contributed by atoms with E-state index in [-0.39, 0.29) is 0 Å². The molecule has 4 nitrogen and oxygen atoms in total. The number of nitrogens with zero attached hydrogens (tertiary/aromatic N) is 2. The van der Waals surface area contributed by atoms with Gasteiger partial charge in [-0.15, -0.1) is 0 Å². The van der Waals surface area contributed by atoms with Crippen molar-refractivity contribution >= 4 is 0 Å². The normalized spacial score (nSPS) is 13.2. The van der Waals surface area contributed by atoms with Crippen LogP contribution in [-0.2, 0) is 12.8 Å². The molecular formula is C8H14N2O2. The molecular weight excluding hydrogens is 156 g/mol. The van der Waals surface area contributed by atoms with Crippen LogP contribution in [0.4, 0.5) is 0 Å². The van der Waals surface area contributed by atoms with E-state index in [9.17, 15) is 0 Å². The molecule has 1 atom stereocenters. The van der Waals surface area contributed by atoms with Gasteiger partial charge in [0.2, 0.25) is 5.89 Å². The molecule has 0 aliphatic heterocycles. The second kappa shape index (κ2) is 4.21. The SMILES string of the molecule is CCCc1noc(CC(C)O)n1. The molecule has 1 aromatic heterocycles. The minimum atomic E-state index is -0.417. The summed E-state index contributed by atoms with van der Waals surface area (Å²) in [5, 5.41) is 12.8. The van der Waals surface area contributed by atoms with E-state index in [1.54, 1.807) is 6.92 Å². The fourth-order valence-corrected chi connectivity index (χ4v) is 0.951. The number of hydrogen-bond acceptors (Lipinski definition) is 4. The van der Waals surface area contributed by atoms with Crippen LogP contribution in [0.15, 0.2) is 4.52 Å². The Balaban J connectivity index is 2.52. The Morgan fingerprint density at radius 2 is 2.33 bits per heavy atom. The van der Waals surface area contributed by atoms with E-state index < -0.39 is 6.10 Å². The maximum absolute atomic E-state index is 9.02. The van der Waals surface area contributed by atoms with Crippen LogP contribution >= 0.6 is 0 Å². The van der Waals surface area contributed by atoms with Crippen LogP contribution in [0.2, 0.25) is 0 Å². The molecule has 1 aromatic rings. The molecule has 68 valence electrons. The summed E-state index contributed by atoms with van der Waals surface area (Å²) < 4.78 is 4.91. The highest BCUT2D eigenvalue weighted by atomic mass is 16.5. The molecule has 0 aliphatic carbocycles. The number of aliphatic hydroxyl groups is 1. The average molecular weight is 170 g/mol. The number of aliphatic hydroxyl groups excluding tert-OH is 1. The van der Waals surface area contributed by atoms with Gasteiger partial charge in [-0.2, -0.15) is 4.98 Å². The second-order valence-corrected chi connectivity index (χ2v) is 2.91. The van der Waals surface area contributed by atoms with Gasteiger partial charge in [-0.1, -0.05) is 12.1 Å². The van der Waals surface area contributed by atoms with Crippen LogP contribution in [0.3, 0.4) is 0 Å². The van der Waals surface area contributed by atoms with Crippen molar-refractivity contribution in [3.63, 3.8) is 0 Å². The zero-order chi connectivity index (χ0) is 8.97. The van der Waals surface area contributed by atoms with E-state index in [0.717, 1.165) is 18.7 Å². The first kappa shape index (κ1) is 9.19. The third-order valence-electron chi connectivity index (χ3n) is 1.45. The molecule has 1 rings (SSSR count). The predicted molar refractivity (Wildman–Crippen MR) is 43.7 cm³/mol. The molecule has 4 heteroatoms. The van der Waals surface area contributed by atoms with E-state index in [1.165, 1.54) is 0 Å². The van der Waals surface area contributed by atoms with E-state index in [0.29, 0.717) is 12.3 Å². The van der Waals surface area contributed by atoms with E-state index in [4.69, 9.17) is 9.63 Å². The first-order valence-corrected chi connectivity index (χ1v) is 4.22. The molecule has 0 aliphatic rings. The molecule has 0 saturated heterocycles. The summed E-state index contributed by atoms with van der Waals surface area (Å²) in [5.74, 6) is 1.25. The van der Waals surface area contributed by atoms with Gasteiger partial charge in [0.1, 0.15) is 0 Å². The minimum absolute atomic E-state index is 0.417. The van der Waals surface area contributed by atoms with Crippen molar-refractivity contribution < 1.29 is 9.63 Å². The first-order valence-electron chi connectivity index (χ1n) is 4.22. The lowest BCUT2D eigenvalue weighted by Crippen LogP contribution is -2.04. The van der Waals surface area contributed by atoms with Crippen molar-refractivity contribution in [3.05, 3.63) is 11.7 Å². The van der Waals surface area contributed by atoms with Gasteiger partial charge in [0, 0.05) is 6.42 Å². The van der Waals surface area contributed by atoms with Crippen LogP contribution in [0.25, 0.3) is 0 Å². The molecule has 0 fully saturated rings. The van der Waals surface area contributed by atoms with Crippen LogP contribution < -0.4 is 0 Å². The zero-order valence-electron chi connectivity index (χ0n) is 7.45. The van der Waals surface area contributed by atoms with Crippen molar-refractivity contribution in [2.24, 2.45) is 0 Å². The van der Waals surface area contributed by atoms with Gasteiger partial charge in [0.15, 0.2) is 5.82 Å². The minimum Gasteiger partial charge on any atom is -0.393 e. The zero-order valence-corrected chi connectivity index (χ0v) is 7.45. The highest BCUT2D eigenvalue weighted by Gasteiger charge is 2.07. The van der Waals surface area contributed by atoms with Crippen molar-refractivity contribution in [2.75, 3.05) is 0 Å². The van der Waals surface area contributed by atoms with Gasteiger partial charge >= 0.3 is 0 Å². The Labute approximate surface area is 71.6 Å². The number of aromatic nitrogens is 2. The molecule has 0 amide bonds. The highest BCUT2D eigenvalue weighted by Crippen LogP contribution is 2.02. The van der Waals surface area contributed by atoms with Gasteiger partial charge in [0.25, 0.3) is 0 Å². The predicted octanol–water partition coefficient (Wildman–Crippen LogP) is 0.945. The number of hydrogen-bond donors (Lipinski definition) is 1. The standard InChI is InChI=1S/C8H14N2O2/c1-3-4-7-9-8(12-10-7)5-6(2)11/h6,11H,3-5H2,1-2H3. The summed E-state index contributed by atoms with van der Waals surface area (Å²) >= 11 is 0. The van der Waals surface area contributed by atoms with Crippen molar-refractivity contribution in [1.29, 1.82) is 0 Å². The molecule has 0 aromatic carbocycles. The van der Waals surface area contributed by atoms with Gasteiger partial charge in [-0.3, -0.25) is 0 Å². The molecule has 1 unspecified atom stereocenters. The van der Waals surface area contributed by atoms with Gasteiger partial charge in [0.05, 0.1) is 12.5 Å². The smallest absolute Gasteiger partial charge is 0.229 e. The van der Waals surface area contributed by atoms with Crippen molar-refractivity contribution in [2.45, 2.75) is 39.2 Å². The summed E-state index contributed by atoms with van der Waals surface area (Å²) in [6, 6.07) is 0. The molecule has 1 heterocycles. The van der Waals surface area contributed by atoms with Crippen molar-refractivity contribution in [3.8, 4) is 0 Å². The Kier molecular flexibility index (Phi) is 3.22. The van der Waals surface area contributed by atoms with E-state index in [2.05, 4.69) is 17.1 Å². The van der Waals surface area contributed by atoms with Gasteiger partial charge in [-0.25, -0.2) is 0 Å². The van der Waals surface area contributed by atoms with Gasteiger partial charge in [-0.05, 0) is 13.3 Å². The number of aryl methyl sites for hydroxylation is 1. The molecule has 0 bridgehead atoms. The topological polar surface area (TPSA) is 59.2 Å². The largest absolute Gasteiger partial charge is 0.393 e. The Morgan fingerprint density at radius 1 is 1.58 bits per heavy atom. The fourth-order valence-electron chi connectivity index (χ4n) is 0.951. The Hall–Kier alpha value is -0.900. The number of rotatable bonds is 4. The maximum atomic E-state index is 9.02. The van der Waals surface area contributed by atoms with Crippen molar-refractivity contribution in [1.82, 2.24) is 10.1 Å². The summed E-state index contributed by atoms with van der Waals surface area (Å²) in [7, 11) is 0. The first-order chi connectivity index (χ1) is 5.72. The Morgan fingerprint density at radius 3 is 2.92 bits per heavy atom. The Bertz CT molecular complexity index is 233. The highest BCUT2D eigenvalue weighted by molar-refractivity contribution is 4.87. The van der Waals surface area contributed by atoms with E-state index >= 15 is 0 Å². The maximum Gasteiger partial charge on any atom is 0.229 e. The summed E-state index contributed by atoms with van der Waals surface area (Å²) in [5.41, 5.74) is 0. The van der Waals surface area contributed by atoms with Crippen LogP contribution in [0.1, 0.15) is 32.0 Å². The third kappa shape index (κ3) is 2.62. The van der Waals surface area contributed by atoms with Crippen LogP contribution in [0, 0.1) is 0 Å². The summed E-state index contributed by atoms with van der Waals surface area (Å²) in [6.45, 7) is 3.76.